The van der Waals surface area contributed by atoms with Crippen LogP contribution in [0.4, 0.5) is 10.1 Å². The van der Waals surface area contributed by atoms with Gasteiger partial charge in [-0.25, -0.2) is 4.39 Å². The lowest BCUT2D eigenvalue weighted by Gasteiger charge is -2.13. The standard InChI is InChI=1S/C22H24FN5O2S/c1-13-9-14(2)20(15(3)10-13)25-18(29)11-24-19(30)12-31-22-27-26-21(28(22)4)16-7-5-6-8-17(16)23/h5-10H,11-12H2,1-4H3,(H,24,30)(H,25,29). The van der Waals surface area contributed by atoms with Gasteiger partial charge in [0.15, 0.2) is 11.0 Å². The minimum atomic E-state index is -0.391. The first-order valence-electron chi connectivity index (χ1n) is 9.67. The highest BCUT2D eigenvalue weighted by Crippen LogP contribution is 2.24. The van der Waals surface area contributed by atoms with Gasteiger partial charge in [0.1, 0.15) is 5.82 Å². The Kier molecular flexibility index (Phi) is 7.06. The van der Waals surface area contributed by atoms with Crippen LogP contribution in [0.1, 0.15) is 16.7 Å². The van der Waals surface area contributed by atoms with Gasteiger partial charge >= 0.3 is 0 Å². The molecule has 0 saturated carbocycles. The van der Waals surface area contributed by atoms with Gasteiger partial charge in [-0.2, -0.15) is 0 Å². The van der Waals surface area contributed by atoms with Crippen molar-refractivity contribution in [3.05, 3.63) is 58.9 Å². The van der Waals surface area contributed by atoms with Crippen molar-refractivity contribution in [2.24, 2.45) is 7.05 Å². The fourth-order valence-electron chi connectivity index (χ4n) is 3.24. The van der Waals surface area contributed by atoms with E-state index < -0.39 is 5.82 Å². The third-order valence-electron chi connectivity index (χ3n) is 4.67. The van der Waals surface area contributed by atoms with Crippen molar-refractivity contribution >= 4 is 29.3 Å². The molecule has 0 aliphatic heterocycles. The summed E-state index contributed by atoms with van der Waals surface area (Å²) in [7, 11) is 1.71. The number of benzene rings is 2. The monoisotopic (exact) mass is 441 g/mol. The number of halogens is 1. The van der Waals surface area contributed by atoms with Gasteiger partial charge in [0.05, 0.1) is 17.9 Å². The Balaban J connectivity index is 1.52. The van der Waals surface area contributed by atoms with Crippen molar-refractivity contribution < 1.29 is 14.0 Å². The van der Waals surface area contributed by atoms with E-state index in [9.17, 15) is 14.0 Å². The van der Waals surface area contributed by atoms with Gasteiger partial charge < -0.3 is 15.2 Å². The van der Waals surface area contributed by atoms with Crippen LogP contribution in [-0.2, 0) is 16.6 Å². The lowest BCUT2D eigenvalue weighted by Crippen LogP contribution is -2.34. The number of nitrogens with zero attached hydrogens (tertiary/aromatic N) is 3. The molecule has 7 nitrogen and oxygen atoms in total. The van der Waals surface area contributed by atoms with Crippen LogP contribution in [-0.4, -0.2) is 38.9 Å². The Morgan fingerprint density at radius 2 is 1.74 bits per heavy atom. The Hall–Kier alpha value is -3.20. The summed E-state index contributed by atoms with van der Waals surface area (Å²) in [5.41, 5.74) is 4.17. The summed E-state index contributed by atoms with van der Waals surface area (Å²) in [6.07, 6.45) is 0. The van der Waals surface area contributed by atoms with Gasteiger partial charge in [-0.3, -0.25) is 9.59 Å². The average molecular weight is 442 g/mol. The van der Waals surface area contributed by atoms with Crippen molar-refractivity contribution in [3.8, 4) is 11.4 Å². The van der Waals surface area contributed by atoms with Crippen molar-refractivity contribution in [3.63, 3.8) is 0 Å². The number of hydrogen-bond donors (Lipinski definition) is 2. The Labute approximate surface area is 184 Å². The Morgan fingerprint density at radius 1 is 1.06 bits per heavy atom. The van der Waals surface area contributed by atoms with Crippen LogP contribution in [0.25, 0.3) is 11.4 Å². The van der Waals surface area contributed by atoms with Crippen LogP contribution in [0.5, 0.6) is 0 Å². The first kappa shape index (κ1) is 22.5. The fraction of sp³-hybridized carbons (Fsp3) is 0.273. The lowest BCUT2D eigenvalue weighted by atomic mass is 10.1. The van der Waals surface area contributed by atoms with Gasteiger partial charge in [-0.15, -0.1) is 10.2 Å². The summed E-state index contributed by atoms with van der Waals surface area (Å²) in [4.78, 5) is 24.4. The van der Waals surface area contributed by atoms with E-state index in [4.69, 9.17) is 0 Å². The van der Waals surface area contributed by atoms with Crippen LogP contribution in [0.15, 0.2) is 41.6 Å². The van der Waals surface area contributed by atoms with E-state index in [1.807, 2.05) is 32.9 Å². The van der Waals surface area contributed by atoms with E-state index in [0.717, 1.165) is 34.1 Å². The average Bonchev–Trinajstić information content (AvgIpc) is 3.08. The van der Waals surface area contributed by atoms with Crippen LogP contribution in [0, 0.1) is 26.6 Å². The number of carbonyl (C=O) groups excluding carboxylic acids is 2. The lowest BCUT2D eigenvalue weighted by molar-refractivity contribution is -0.122. The Bertz CT molecular complexity index is 1110. The minimum absolute atomic E-state index is 0.0547. The van der Waals surface area contributed by atoms with Crippen LogP contribution < -0.4 is 10.6 Å². The molecule has 0 saturated heterocycles. The number of aromatic nitrogens is 3. The number of amides is 2. The number of anilines is 1. The van der Waals surface area contributed by atoms with E-state index in [-0.39, 0.29) is 24.1 Å². The van der Waals surface area contributed by atoms with Crippen LogP contribution >= 0.6 is 11.8 Å². The molecule has 0 radical (unpaired) electrons. The number of carbonyl (C=O) groups is 2. The van der Waals surface area contributed by atoms with Crippen molar-refractivity contribution in [1.29, 1.82) is 0 Å². The van der Waals surface area contributed by atoms with E-state index in [0.29, 0.717) is 16.5 Å². The first-order chi connectivity index (χ1) is 14.8. The number of hydrogen-bond acceptors (Lipinski definition) is 5. The molecule has 31 heavy (non-hydrogen) atoms. The molecule has 2 aromatic carbocycles. The molecule has 2 amide bonds. The molecule has 162 valence electrons. The second kappa shape index (κ2) is 9.74. The molecule has 0 unspecified atom stereocenters. The molecular weight excluding hydrogens is 417 g/mol. The van der Waals surface area contributed by atoms with Crippen molar-refractivity contribution in [1.82, 2.24) is 20.1 Å². The summed E-state index contributed by atoms with van der Waals surface area (Å²) in [5.74, 6) is -0.567. The highest BCUT2D eigenvalue weighted by Gasteiger charge is 2.16. The number of rotatable bonds is 7. The topological polar surface area (TPSA) is 88.9 Å². The third-order valence-corrected chi connectivity index (χ3v) is 5.69. The molecular formula is C22H24FN5O2S. The second-order valence-electron chi connectivity index (χ2n) is 7.23. The predicted molar refractivity (Wildman–Crippen MR) is 119 cm³/mol. The maximum absolute atomic E-state index is 14.0. The molecule has 0 spiro atoms. The quantitative estimate of drug-likeness (QED) is 0.549. The fourth-order valence-corrected chi connectivity index (χ4v) is 3.98. The first-order valence-corrected chi connectivity index (χ1v) is 10.7. The van der Waals surface area contributed by atoms with Gasteiger partial charge in [0, 0.05) is 12.7 Å². The molecule has 0 bridgehead atoms. The molecule has 1 heterocycles. The zero-order valence-corrected chi connectivity index (χ0v) is 18.6. The normalized spacial score (nSPS) is 10.7. The zero-order valence-electron chi connectivity index (χ0n) is 17.8. The Morgan fingerprint density at radius 3 is 2.42 bits per heavy atom. The summed E-state index contributed by atoms with van der Waals surface area (Å²) in [5, 5.41) is 14.0. The summed E-state index contributed by atoms with van der Waals surface area (Å²) >= 11 is 1.16. The molecule has 9 heteroatoms. The predicted octanol–water partition coefficient (Wildman–Crippen LogP) is 3.39. The molecule has 2 N–H and O–H groups in total. The van der Waals surface area contributed by atoms with E-state index in [1.165, 1.54) is 6.07 Å². The van der Waals surface area contributed by atoms with Crippen LogP contribution in [0.3, 0.4) is 0 Å². The smallest absolute Gasteiger partial charge is 0.243 e. The minimum Gasteiger partial charge on any atom is -0.346 e. The third kappa shape index (κ3) is 5.49. The largest absolute Gasteiger partial charge is 0.346 e. The van der Waals surface area contributed by atoms with Crippen molar-refractivity contribution in [2.75, 3.05) is 17.6 Å². The van der Waals surface area contributed by atoms with E-state index in [2.05, 4.69) is 20.8 Å². The highest BCUT2D eigenvalue weighted by atomic mass is 32.2. The molecule has 0 fully saturated rings. The van der Waals surface area contributed by atoms with Crippen molar-refractivity contribution in [2.45, 2.75) is 25.9 Å². The molecule has 0 atom stereocenters. The maximum Gasteiger partial charge on any atom is 0.243 e. The summed E-state index contributed by atoms with van der Waals surface area (Å²) < 4.78 is 15.6. The number of nitrogens with one attached hydrogen (secondary N) is 2. The van der Waals surface area contributed by atoms with Gasteiger partial charge in [-0.05, 0) is 44.0 Å². The molecule has 0 aliphatic carbocycles. The van der Waals surface area contributed by atoms with Gasteiger partial charge in [-0.1, -0.05) is 41.6 Å². The molecule has 1 aromatic heterocycles. The van der Waals surface area contributed by atoms with Gasteiger partial charge in [0.25, 0.3) is 0 Å². The second-order valence-corrected chi connectivity index (χ2v) is 8.17. The summed E-state index contributed by atoms with van der Waals surface area (Å²) in [6.45, 7) is 5.73. The maximum atomic E-state index is 14.0. The SMILES string of the molecule is Cc1cc(C)c(NC(=O)CNC(=O)CSc2nnc(-c3ccccc3F)n2C)c(C)c1. The number of aryl methyl sites for hydroxylation is 3. The van der Waals surface area contributed by atoms with Crippen LogP contribution in [0.2, 0.25) is 0 Å². The van der Waals surface area contributed by atoms with Gasteiger partial charge in [0.2, 0.25) is 11.8 Å². The van der Waals surface area contributed by atoms with E-state index in [1.54, 1.807) is 29.8 Å². The number of thioether (sulfide) groups is 1. The molecule has 0 aliphatic rings. The zero-order chi connectivity index (χ0) is 22.5. The molecule has 3 rings (SSSR count). The van der Waals surface area contributed by atoms with E-state index >= 15 is 0 Å². The highest BCUT2D eigenvalue weighted by molar-refractivity contribution is 7.99. The molecule has 3 aromatic rings. The summed E-state index contributed by atoms with van der Waals surface area (Å²) in [6, 6.07) is 10.3.